The van der Waals surface area contributed by atoms with Crippen LogP contribution in [0.2, 0.25) is 0 Å². The van der Waals surface area contributed by atoms with Crippen LogP contribution in [0.4, 0.5) is 5.13 Å². The molecule has 2 aromatic carbocycles. The van der Waals surface area contributed by atoms with Crippen molar-refractivity contribution in [1.29, 1.82) is 5.26 Å². The highest BCUT2D eigenvalue weighted by molar-refractivity contribution is 7.14. The Labute approximate surface area is 154 Å². The van der Waals surface area contributed by atoms with E-state index >= 15 is 0 Å². The maximum absolute atomic E-state index is 12.0. The van der Waals surface area contributed by atoms with Gasteiger partial charge in [0.2, 0.25) is 0 Å². The van der Waals surface area contributed by atoms with Gasteiger partial charge in [0, 0.05) is 10.9 Å². The number of anilines is 1. The smallest absolute Gasteiger partial charge is 0.264 e. The highest BCUT2D eigenvalue weighted by Gasteiger charge is 2.09. The van der Waals surface area contributed by atoms with E-state index in [1.54, 1.807) is 43.5 Å². The summed E-state index contributed by atoms with van der Waals surface area (Å²) in [5.74, 6) is 1.01. The fourth-order valence-corrected chi connectivity index (χ4v) is 2.89. The van der Waals surface area contributed by atoms with Gasteiger partial charge < -0.3 is 9.47 Å². The third kappa shape index (κ3) is 4.37. The SMILES string of the molecule is COc1ccc(OCC(=O)Nc2nc(-c3ccc(C#N)cc3)cs2)cc1. The van der Waals surface area contributed by atoms with Gasteiger partial charge in [0.1, 0.15) is 11.5 Å². The molecule has 0 atom stereocenters. The Hall–Kier alpha value is -3.37. The number of nitrogens with one attached hydrogen (secondary N) is 1. The molecule has 130 valence electrons. The zero-order valence-corrected chi connectivity index (χ0v) is 14.7. The van der Waals surface area contributed by atoms with E-state index in [2.05, 4.69) is 16.4 Å². The second-order valence-electron chi connectivity index (χ2n) is 5.24. The number of carbonyl (C=O) groups is 1. The molecule has 0 radical (unpaired) electrons. The predicted octanol–water partition coefficient (Wildman–Crippen LogP) is 3.71. The minimum atomic E-state index is -0.290. The Balaban J connectivity index is 1.56. The van der Waals surface area contributed by atoms with E-state index in [1.165, 1.54) is 11.3 Å². The molecule has 0 saturated carbocycles. The third-order valence-corrected chi connectivity index (χ3v) is 4.25. The summed E-state index contributed by atoms with van der Waals surface area (Å²) in [5, 5.41) is 13.9. The molecule has 7 heteroatoms. The number of methoxy groups -OCH3 is 1. The van der Waals surface area contributed by atoms with Gasteiger partial charge in [0.25, 0.3) is 5.91 Å². The van der Waals surface area contributed by atoms with Crippen LogP contribution in [-0.2, 0) is 4.79 Å². The molecule has 0 fully saturated rings. The molecule has 0 spiro atoms. The summed E-state index contributed by atoms with van der Waals surface area (Å²) in [6.07, 6.45) is 0. The minimum absolute atomic E-state index is 0.113. The molecule has 0 saturated heterocycles. The summed E-state index contributed by atoms with van der Waals surface area (Å²) < 4.78 is 10.5. The van der Waals surface area contributed by atoms with E-state index in [0.29, 0.717) is 16.4 Å². The summed E-state index contributed by atoms with van der Waals surface area (Å²) in [6.45, 7) is -0.113. The average molecular weight is 365 g/mol. The maximum Gasteiger partial charge on any atom is 0.264 e. The summed E-state index contributed by atoms with van der Waals surface area (Å²) in [4.78, 5) is 16.4. The predicted molar refractivity (Wildman–Crippen MR) is 99.4 cm³/mol. The van der Waals surface area contributed by atoms with Crippen LogP contribution >= 0.6 is 11.3 Å². The molecule has 0 aliphatic heterocycles. The van der Waals surface area contributed by atoms with E-state index in [0.717, 1.165) is 17.0 Å². The van der Waals surface area contributed by atoms with E-state index in [4.69, 9.17) is 14.7 Å². The number of rotatable bonds is 6. The normalized spacial score (nSPS) is 10.0. The minimum Gasteiger partial charge on any atom is -0.497 e. The Kier molecular flexibility index (Phi) is 5.46. The van der Waals surface area contributed by atoms with Crippen LogP contribution in [0.25, 0.3) is 11.3 Å². The number of amides is 1. The van der Waals surface area contributed by atoms with Gasteiger partial charge in [-0.25, -0.2) is 4.98 Å². The number of nitriles is 1. The first-order valence-electron chi connectivity index (χ1n) is 7.70. The van der Waals surface area contributed by atoms with Crippen molar-refractivity contribution < 1.29 is 14.3 Å². The fraction of sp³-hybridized carbons (Fsp3) is 0.105. The van der Waals surface area contributed by atoms with Gasteiger partial charge in [-0.1, -0.05) is 12.1 Å². The fourth-order valence-electron chi connectivity index (χ4n) is 2.16. The number of carbonyl (C=O) groups excluding carboxylic acids is 1. The Morgan fingerprint density at radius 1 is 1.15 bits per heavy atom. The quantitative estimate of drug-likeness (QED) is 0.720. The lowest BCUT2D eigenvalue weighted by molar-refractivity contribution is -0.118. The van der Waals surface area contributed by atoms with Crippen LogP contribution in [0.3, 0.4) is 0 Å². The van der Waals surface area contributed by atoms with Crippen molar-refractivity contribution in [1.82, 2.24) is 4.98 Å². The number of ether oxygens (including phenoxy) is 2. The van der Waals surface area contributed by atoms with Crippen molar-refractivity contribution in [2.75, 3.05) is 19.0 Å². The summed E-state index contributed by atoms with van der Waals surface area (Å²) >= 11 is 1.33. The van der Waals surface area contributed by atoms with Crippen molar-refractivity contribution in [2.24, 2.45) is 0 Å². The second kappa shape index (κ2) is 8.14. The molecular formula is C19H15N3O3S. The van der Waals surface area contributed by atoms with Crippen LogP contribution in [0.15, 0.2) is 53.9 Å². The van der Waals surface area contributed by atoms with E-state index < -0.39 is 0 Å². The second-order valence-corrected chi connectivity index (χ2v) is 6.10. The molecule has 1 heterocycles. The third-order valence-electron chi connectivity index (χ3n) is 3.49. The van der Waals surface area contributed by atoms with E-state index in [1.807, 2.05) is 17.5 Å². The Morgan fingerprint density at radius 2 is 1.85 bits per heavy atom. The number of benzene rings is 2. The van der Waals surface area contributed by atoms with Crippen molar-refractivity contribution in [3.8, 4) is 28.8 Å². The zero-order valence-electron chi connectivity index (χ0n) is 13.9. The lowest BCUT2D eigenvalue weighted by Gasteiger charge is -2.06. The molecule has 3 rings (SSSR count). The summed E-state index contributed by atoms with van der Waals surface area (Å²) in [7, 11) is 1.59. The van der Waals surface area contributed by atoms with Crippen LogP contribution in [-0.4, -0.2) is 24.6 Å². The molecule has 3 aromatic rings. The first kappa shape index (κ1) is 17.5. The van der Waals surface area contributed by atoms with Crippen molar-refractivity contribution in [2.45, 2.75) is 0 Å². The lowest BCUT2D eigenvalue weighted by atomic mass is 10.1. The highest BCUT2D eigenvalue weighted by atomic mass is 32.1. The van der Waals surface area contributed by atoms with Gasteiger partial charge in [-0.05, 0) is 36.4 Å². The van der Waals surface area contributed by atoms with Gasteiger partial charge in [-0.2, -0.15) is 5.26 Å². The Bertz CT molecular complexity index is 928. The zero-order chi connectivity index (χ0) is 18.4. The number of nitrogens with zero attached hydrogens (tertiary/aromatic N) is 2. The number of aromatic nitrogens is 1. The first-order chi connectivity index (χ1) is 12.7. The van der Waals surface area contributed by atoms with Crippen molar-refractivity contribution >= 4 is 22.4 Å². The number of thiazole rings is 1. The molecule has 1 amide bonds. The monoisotopic (exact) mass is 365 g/mol. The van der Waals surface area contributed by atoms with Gasteiger partial charge in [-0.3, -0.25) is 10.1 Å². The van der Waals surface area contributed by atoms with Gasteiger partial charge in [0.05, 0.1) is 24.4 Å². The summed E-state index contributed by atoms with van der Waals surface area (Å²) in [5.41, 5.74) is 2.22. The van der Waals surface area contributed by atoms with Crippen molar-refractivity contribution in [3.63, 3.8) is 0 Å². The first-order valence-corrected chi connectivity index (χ1v) is 8.58. The number of hydrogen-bond acceptors (Lipinski definition) is 6. The molecule has 1 aromatic heterocycles. The molecule has 0 aliphatic carbocycles. The van der Waals surface area contributed by atoms with Gasteiger partial charge in [-0.15, -0.1) is 11.3 Å². The summed E-state index contributed by atoms with van der Waals surface area (Å²) in [6, 6.07) is 16.2. The molecule has 0 aliphatic rings. The highest BCUT2D eigenvalue weighted by Crippen LogP contribution is 2.25. The van der Waals surface area contributed by atoms with Crippen LogP contribution in [0.1, 0.15) is 5.56 Å². The average Bonchev–Trinajstić information content (AvgIpc) is 3.15. The van der Waals surface area contributed by atoms with Gasteiger partial charge in [0.15, 0.2) is 11.7 Å². The van der Waals surface area contributed by atoms with Crippen LogP contribution in [0.5, 0.6) is 11.5 Å². The Morgan fingerprint density at radius 3 is 2.50 bits per heavy atom. The maximum atomic E-state index is 12.0. The van der Waals surface area contributed by atoms with E-state index in [-0.39, 0.29) is 12.5 Å². The van der Waals surface area contributed by atoms with Crippen LogP contribution in [0, 0.1) is 11.3 Å². The van der Waals surface area contributed by atoms with Crippen molar-refractivity contribution in [3.05, 3.63) is 59.5 Å². The molecule has 26 heavy (non-hydrogen) atoms. The standard InChI is InChI=1S/C19H15N3O3S/c1-24-15-6-8-16(9-7-15)25-11-18(23)22-19-21-17(12-26-19)14-4-2-13(10-20)3-5-14/h2-9,12H,11H2,1H3,(H,21,22,23). The molecule has 0 bridgehead atoms. The molecule has 0 unspecified atom stereocenters. The van der Waals surface area contributed by atoms with Gasteiger partial charge >= 0.3 is 0 Å². The molecular weight excluding hydrogens is 350 g/mol. The number of hydrogen-bond donors (Lipinski definition) is 1. The topological polar surface area (TPSA) is 84.2 Å². The van der Waals surface area contributed by atoms with Crippen LogP contribution < -0.4 is 14.8 Å². The largest absolute Gasteiger partial charge is 0.497 e. The molecule has 1 N–H and O–H groups in total. The van der Waals surface area contributed by atoms with E-state index in [9.17, 15) is 4.79 Å². The molecule has 6 nitrogen and oxygen atoms in total. The lowest BCUT2D eigenvalue weighted by Crippen LogP contribution is -2.20.